The second-order valence-corrected chi connectivity index (χ2v) is 2.58. The molecular weight excluding hydrogens is 100 g/mol. The van der Waals surface area contributed by atoms with Crippen molar-refractivity contribution in [2.24, 2.45) is 0 Å². The second-order valence-electron chi connectivity index (χ2n) is 2.58. The van der Waals surface area contributed by atoms with Gasteiger partial charge in [-0.15, -0.1) is 0 Å². The first kappa shape index (κ1) is 4.11. The van der Waals surface area contributed by atoms with E-state index < -0.39 is 0 Å². The van der Waals surface area contributed by atoms with E-state index in [0.29, 0.717) is 0 Å². The Bertz CT molecular complexity index is 213. The number of hydrogen-bond donors (Lipinski definition) is 1. The summed E-state index contributed by atoms with van der Waals surface area (Å²) in [7, 11) is 0. The van der Waals surface area contributed by atoms with Gasteiger partial charge in [-0.2, -0.15) is 5.26 Å². The molecule has 2 rings (SSSR count). The van der Waals surface area contributed by atoms with Gasteiger partial charge in [0.1, 0.15) is 5.54 Å². The van der Waals surface area contributed by atoms with Crippen molar-refractivity contribution in [3.05, 3.63) is 12.2 Å². The summed E-state index contributed by atoms with van der Waals surface area (Å²) >= 11 is 0. The third-order valence-electron chi connectivity index (χ3n) is 2.06. The summed E-state index contributed by atoms with van der Waals surface area (Å²) < 4.78 is 0. The van der Waals surface area contributed by atoms with Gasteiger partial charge in [0.25, 0.3) is 0 Å². The third-order valence-corrected chi connectivity index (χ3v) is 2.06. The van der Waals surface area contributed by atoms with Crippen LogP contribution in [0.5, 0.6) is 0 Å². The van der Waals surface area contributed by atoms with E-state index in [1.165, 1.54) is 0 Å². The fourth-order valence-electron chi connectivity index (χ4n) is 1.14. The largest absolute Gasteiger partial charge is 0.282 e. The molecule has 0 spiro atoms. The highest BCUT2D eigenvalue weighted by Gasteiger charge is 2.67. The van der Waals surface area contributed by atoms with Crippen LogP contribution in [0.2, 0.25) is 0 Å². The van der Waals surface area contributed by atoms with Gasteiger partial charge in [0.2, 0.25) is 0 Å². The van der Waals surface area contributed by atoms with Crippen LogP contribution in [0.1, 0.15) is 6.92 Å². The molecule has 40 valence electrons. The zero-order valence-corrected chi connectivity index (χ0v) is 4.60. The van der Waals surface area contributed by atoms with Gasteiger partial charge in [-0.1, -0.05) is 12.2 Å². The number of hydrogen-bond acceptors (Lipinski definition) is 2. The van der Waals surface area contributed by atoms with Crippen molar-refractivity contribution in [3.8, 4) is 6.07 Å². The molecule has 1 aliphatic carbocycles. The first-order valence-electron chi connectivity index (χ1n) is 2.63. The van der Waals surface area contributed by atoms with E-state index in [-0.39, 0.29) is 11.1 Å². The van der Waals surface area contributed by atoms with Gasteiger partial charge >= 0.3 is 0 Å². The maximum Gasteiger partial charge on any atom is 0.147 e. The Kier molecular flexibility index (Phi) is 0.371. The van der Waals surface area contributed by atoms with Gasteiger partial charge in [-0.3, -0.25) is 5.32 Å². The SMILES string of the molecule is CC12C=CC1(C#N)N2. The van der Waals surface area contributed by atoms with Crippen molar-refractivity contribution < 1.29 is 0 Å². The Hall–Kier alpha value is -0.810. The molecule has 0 aromatic heterocycles. The highest BCUT2D eigenvalue weighted by atomic mass is 15.3. The molecule has 2 atom stereocenters. The van der Waals surface area contributed by atoms with Crippen LogP contribution in [0.4, 0.5) is 0 Å². The minimum atomic E-state index is -0.257. The maximum absolute atomic E-state index is 8.49. The Balaban J connectivity index is 2.44. The fraction of sp³-hybridized carbons (Fsp3) is 0.500. The molecule has 1 saturated heterocycles. The molecule has 1 N–H and O–H groups in total. The molecule has 0 bridgehead atoms. The first-order chi connectivity index (χ1) is 3.72. The first-order valence-corrected chi connectivity index (χ1v) is 2.63. The van der Waals surface area contributed by atoms with E-state index in [0.717, 1.165) is 0 Å². The quantitative estimate of drug-likeness (QED) is 0.353. The average Bonchev–Trinajstić information content (AvgIpc) is 2.15. The molecule has 8 heavy (non-hydrogen) atoms. The van der Waals surface area contributed by atoms with Crippen molar-refractivity contribution in [1.82, 2.24) is 5.32 Å². The summed E-state index contributed by atoms with van der Waals surface area (Å²) in [6.45, 7) is 2.02. The molecule has 0 saturated carbocycles. The molecule has 0 aromatic carbocycles. The molecule has 0 aromatic rings. The van der Waals surface area contributed by atoms with Crippen LogP contribution in [0.25, 0.3) is 0 Å². The maximum atomic E-state index is 8.49. The van der Waals surface area contributed by atoms with E-state index in [9.17, 15) is 0 Å². The lowest BCUT2D eigenvalue weighted by Crippen LogP contribution is -2.24. The Morgan fingerprint density at radius 3 is 2.38 bits per heavy atom. The molecule has 1 heterocycles. The van der Waals surface area contributed by atoms with Crippen LogP contribution in [-0.4, -0.2) is 11.1 Å². The van der Waals surface area contributed by atoms with Crippen LogP contribution in [-0.2, 0) is 0 Å². The molecule has 1 aliphatic heterocycles. The van der Waals surface area contributed by atoms with Crippen molar-refractivity contribution >= 4 is 0 Å². The predicted molar refractivity (Wildman–Crippen MR) is 29.0 cm³/mol. The van der Waals surface area contributed by atoms with Gasteiger partial charge in [0, 0.05) is 0 Å². The van der Waals surface area contributed by atoms with Crippen LogP contribution < -0.4 is 5.32 Å². The molecule has 0 amide bonds. The van der Waals surface area contributed by atoms with E-state index in [1.807, 2.05) is 19.1 Å². The predicted octanol–water partition coefficient (Wildman–Crippen LogP) is 0.180. The molecule has 0 radical (unpaired) electrons. The van der Waals surface area contributed by atoms with Gasteiger partial charge in [-0.05, 0) is 6.92 Å². The molecule has 1 fully saturated rings. The molecule has 2 aliphatic rings. The third kappa shape index (κ3) is 0.185. The number of nitrogens with one attached hydrogen (secondary N) is 1. The summed E-state index contributed by atoms with van der Waals surface area (Å²) in [5.74, 6) is 0. The van der Waals surface area contributed by atoms with Gasteiger partial charge in [0.05, 0.1) is 11.6 Å². The normalized spacial score (nSPS) is 56.0. The highest BCUT2D eigenvalue weighted by Crippen LogP contribution is 2.48. The van der Waals surface area contributed by atoms with Gasteiger partial charge in [0.15, 0.2) is 0 Å². The fourth-order valence-corrected chi connectivity index (χ4v) is 1.14. The molecule has 2 nitrogen and oxygen atoms in total. The minimum Gasteiger partial charge on any atom is -0.282 e. The lowest BCUT2D eigenvalue weighted by molar-refractivity contribution is 0.762. The van der Waals surface area contributed by atoms with Crippen LogP contribution in [0.15, 0.2) is 12.2 Å². The average molecular weight is 106 g/mol. The summed E-state index contributed by atoms with van der Waals surface area (Å²) in [5.41, 5.74) is -0.214. The second kappa shape index (κ2) is 0.723. The van der Waals surface area contributed by atoms with Gasteiger partial charge < -0.3 is 0 Å². The van der Waals surface area contributed by atoms with E-state index >= 15 is 0 Å². The molecule has 2 heteroatoms. The van der Waals surface area contributed by atoms with Crippen LogP contribution >= 0.6 is 0 Å². The summed E-state index contributed by atoms with van der Waals surface area (Å²) in [6, 6.07) is 2.19. The number of nitriles is 1. The zero-order chi connectivity index (χ0) is 5.83. The van der Waals surface area contributed by atoms with Crippen LogP contribution in [0, 0.1) is 11.3 Å². The van der Waals surface area contributed by atoms with E-state index in [1.54, 1.807) is 0 Å². The summed E-state index contributed by atoms with van der Waals surface area (Å²) in [5, 5.41) is 11.6. The zero-order valence-electron chi connectivity index (χ0n) is 4.60. The Morgan fingerprint density at radius 1 is 1.62 bits per heavy atom. The van der Waals surface area contributed by atoms with E-state index in [4.69, 9.17) is 5.26 Å². The topological polar surface area (TPSA) is 45.7 Å². The van der Waals surface area contributed by atoms with Crippen molar-refractivity contribution in [1.29, 1.82) is 5.26 Å². The smallest absolute Gasteiger partial charge is 0.147 e. The Morgan fingerprint density at radius 2 is 2.38 bits per heavy atom. The Labute approximate surface area is 47.8 Å². The minimum absolute atomic E-state index is 0.0434. The standard InChI is InChI=1S/C6H6N2/c1-5-2-3-6(5,4-7)8-5/h2-3,8H,1H3. The van der Waals surface area contributed by atoms with Crippen LogP contribution in [0.3, 0.4) is 0 Å². The van der Waals surface area contributed by atoms with E-state index in [2.05, 4.69) is 11.4 Å². The van der Waals surface area contributed by atoms with Crippen molar-refractivity contribution in [3.63, 3.8) is 0 Å². The van der Waals surface area contributed by atoms with Gasteiger partial charge in [-0.25, -0.2) is 0 Å². The number of fused-ring (bicyclic) bond motifs is 1. The molecule has 2 unspecified atom stereocenters. The lowest BCUT2D eigenvalue weighted by Gasteiger charge is -2.12. The summed E-state index contributed by atoms with van der Waals surface area (Å²) in [6.07, 6.45) is 3.93. The monoisotopic (exact) mass is 106 g/mol. The number of rotatable bonds is 0. The lowest BCUT2D eigenvalue weighted by atomic mass is 9.85. The highest BCUT2D eigenvalue weighted by molar-refractivity contribution is 5.56. The number of nitrogens with zero attached hydrogens (tertiary/aromatic N) is 1. The summed E-state index contributed by atoms with van der Waals surface area (Å²) in [4.78, 5) is 0. The van der Waals surface area contributed by atoms with Crippen molar-refractivity contribution in [2.45, 2.75) is 18.0 Å². The molecular formula is C6H6N2. The van der Waals surface area contributed by atoms with Crippen molar-refractivity contribution in [2.75, 3.05) is 0 Å².